The van der Waals surface area contributed by atoms with Crippen LogP contribution in [0.25, 0.3) is 0 Å². The summed E-state index contributed by atoms with van der Waals surface area (Å²) in [6.07, 6.45) is 9.19. The third kappa shape index (κ3) is 4.01. The highest BCUT2D eigenvalue weighted by Gasteiger charge is 2.25. The number of piperidine rings is 1. The fourth-order valence-corrected chi connectivity index (χ4v) is 3.71. The zero-order valence-corrected chi connectivity index (χ0v) is 15.6. The van der Waals surface area contributed by atoms with Gasteiger partial charge in [0.05, 0.1) is 11.8 Å². The molecule has 0 amide bonds. The number of hydrogen-bond acceptors (Lipinski definition) is 5. The molecule has 1 N–H and O–H groups in total. The van der Waals surface area contributed by atoms with Crippen LogP contribution in [0.5, 0.6) is 0 Å². The number of hydrogen-bond donors (Lipinski definition) is 1. The molecule has 0 aromatic carbocycles. The van der Waals surface area contributed by atoms with Crippen molar-refractivity contribution in [2.75, 3.05) is 18.0 Å². The van der Waals surface area contributed by atoms with E-state index < -0.39 is 6.10 Å². The third-order valence-corrected chi connectivity index (χ3v) is 5.22. The van der Waals surface area contributed by atoms with Gasteiger partial charge in [0.25, 0.3) is 0 Å². The van der Waals surface area contributed by atoms with Gasteiger partial charge in [0.1, 0.15) is 11.6 Å². The highest BCUT2D eigenvalue weighted by molar-refractivity contribution is 5.40. The summed E-state index contributed by atoms with van der Waals surface area (Å²) >= 11 is 0. The van der Waals surface area contributed by atoms with Gasteiger partial charge in [-0.25, -0.2) is 9.97 Å². The van der Waals surface area contributed by atoms with Gasteiger partial charge in [-0.2, -0.15) is 0 Å². The van der Waals surface area contributed by atoms with Crippen molar-refractivity contribution in [3.8, 4) is 0 Å². The molecule has 3 aromatic rings. The summed E-state index contributed by atoms with van der Waals surface area (Å²) in [6.45, 7) is 4.48. The predicted molar refractivity (Wildman–Crippen MR) is 105 cm³/mol. The summed E-state index contributed by atoms with van der Waals surface area (Å²) < 4.78 is 2.25. The van der Waals surface area contributed by atoms with Crippen LogP contribution < -0.4 is 4.90 Å². The molecule has 27 heavy (non-hydrogen) atoms. The van der Waals surface area contributed by atoms with Crippen LogP contribution >= 0.6 is 0 Å². The first-order valence-corrected chi connectivity index (χ1v) is 9.50. The van der Waals surface area contributed by atoms with E-state index >= 15 is 0 Å². The van der Waals surface area contributed by atoms with E-state index in [4.69, 9.17) is 0 Å². The molecule has 6 heteroatoms. The van der Waals surface area contributed by atoms with Crippen molar-refractivity contribution in [2.24, 2.45) is 0 Å². The van der Waals surface area contributed by atoms with Crippen LogP contribution in [0.3, 0.4) is 0 Å². The van der Waals surface area contributed by atoms with E-state index in [1.54, 1.807) is 6.92 Å². The Morgan fingerprint density at radius 1 is 1.11 bits per heavy atom. The lowest BCUT2D eigenvalue weighted by molar-refractivity contribution is 0.194. The van der Waals surface area contributed by atoms with Crippen LogP contribution in [0.15, 0.2) is 55.1 Å². The quantitative estimate of drug-likeness (QED) is 0.754. The summed E-state index contributed by atoms with van der Waals surface area (Å²) in [5, 5.41) is 9.77. The Labute approximate surface area is 159 Å². The summed E-state index contributed by atoms with van der Waals surface area (Å²) in [5.74, 6) is 2.57. The van der Waals surface area contributed by atoms with Gasteiger partial charge in [-0.05, 0) is 49.6 Å². The standard InChI is InChI=1S/C21H25N5O/c1-16(27)19-3-2-4-20(24-19)25-12-7-18(8-13-25)21-23-11-14-26(21)15-17-5-9-22-10-6-17/h2-6,9-11,14,16,18,27H,7-8,12-13,15H2,1H3/t16-/m1/s1. The second kappa shape index (κ2) is 7.88. The second-order valence-electron chi connectivity index (χ2n) is 7.13. The Balaban J connectivity index is 1.43. The number of imidazole rings is 1. The fraction of sp³-hybridized carbons (Fsp3) is 0.381. The highest BCUT2D eigenvalue weighted by atomic mass is 16.3. The molecule has 1 atom stereocenters. The molecule has 0 aliphatic carbocycles. The zero-order chi connectivity index (χ0) is 18.6. The topological polar surface area (TPSA) is 67.1 Å². The number of anilines is 1. The van der Waals surface area contributed by atoms with Gasteiger partial charge in [-0.15, -0.1) is 0 Å². The smallest absolute Gasteiger partial charge is 0.128 e. The van der Waals surface area contributed by atoms with Crippen molar-refractivity contribution >= 4 is 5.82 Å². The van der Waals surface area contributed by atoms with Crippen molar-refractivity contribution in [1.82, 2.24) is 19.5 Å². The molecule has 0 radical (unpaired) electrons. The largest absolute Gasteiger partial charge is 0.387 e. The van der Waals surface area contributed by atoms with Gasteiger partial charge in [-0.1, -0.05) is 6.07 Å². The minimum absolute atomic E-state index is 0.457. The Bertz CT molecular complexity index is 869. The molecule has 3 aromatic heterocycles. The Kier molecular flexibility index (Phi) is 5.16. The van der Waals surface area contributed by atoms with E-state index in [-0.39, 0.29) is 0 Å². The van der Waals surface area contributed by atoms with Gasteiger partial charge < -0.3 is 14.6 Å². The molecule has 1 aliphatic heterocycles. The first kappa shape index (κ1) is 17.7. The maximum atomic E-state index is 9.77. The Hall–Kier alpha value is -2.73. The molecule has 1 aliphatic rings. The first-order chi connectivity index (χ1) is 13.2. The zero-order valence-electron chi connectivity index (χ0n) is 15.6. The minimum Gasteiger partial charge on any atom is -0.387 e. The second-order valence-corrected chi connectivity index (χ2v) is 7.13. The lowest BCUT2D eigenvalue weighted by atomic mass is 9.95. The molecule has 4 rings (SSSR count). The summed E-state index contributed by atoms with van der Waals surface area (Å²) in [4.78, 5) is 15.7. The molecule has 4 heterocycles. The minimum atomic E-state index is -0.539. The van der Waals surface area contributed by atoms with E-state index in [1.807, 2.05) is 48.9 Å². The Morgan fingerprint density at radius 3 is 2.63 bits per heavy atom. The third-order valence-electron chi connectivity index (χ3n) is 5.22. The molecular formula is C21H25N5O. The van der Waals surface area contributed by atoms with Crippen LogP contribution in [0.2, 0.25) is 0 Å². The van der Waals surface area contributed by atoms with Crippen LogP contribution in [0.4, 0.5) is 5.82 Å². The van der Waals surface area contributed by atoms with Crippen molar-refractivity contribution in [2.45, 2.75) is 38.3 Å². The lowest BCUT2D eigenvalue weighted by Crippen LogP contribution is -2.34. The van der Waals surface area contributed by atoms with E-state index in [1.165, 1.54) is 5.56 Å². The van der Waals surface area contributed by atoms with Crippen LogP contribution in [0.1, 0.15) is 48.9 Å². The predicted octanol–water partition coefficient (Wildman–Crippen LogP) is 3.16. The molecule has 6 nitrogen and oxygen atoms in total. The van der Waals surface area contributed by atoms with Crippen LogP contribution in [0, 0.1) is 0 Å². The highest BCUT2D eigenvalue weighted by Crippen LogP contribution is 2.29. The number of aromatic nitrogens is 4. The van der Waals surface area contributed by atoms with Crippen molar-refractivity contribution in [3.63, 3.8) is 0 Å². The maximum absolute atomic E-state index is 9.77. The van der Waals surface area contributed by atoms with E-state index in [2.05, 4.69) is 30.6 Å². The van der Waals surface area contributed by atoms with Gasteiger partial charge in [0.15, 0.2) is 0 Å². The number of aliphatic hydroxyl groups is 1. The Morgan fingerprint density at radius 2 is 1.89 bits per heavy atom. The maximum Gasteiger partial charge on any atom is 0.128 e. The van der Waals surface area contributed by atoms with Gasteiger partial charge >= 0.3 is 0 Å². The lowest BCUT2D eigenvalue weighted by Gasteiger charge is -2.33. The van der Waals surface area contributed by atoms with Crippen LogP contribution in [-0.4, -0.2) is 37.7 Å². The normalized spacial score (nSPS) is 16.4. The number of pyridine rings is 2. The van der Waals surface area contributed by atoms with Crippen molar-refractivity contribution in [3.05, 3.63) is 72.2 Å². The van der Waals surface area contributed by atoms with Gasteiger partial charge in [0.2, 0.25) is 0 Å². The SMILES string of the molecule is C[C@@H](O)c1cccc(N2CCC(c3nccn3Cc3ccncc3)CC2)n1. The van der Waals surface area contributed by atoms with Gasteiger partial charge in [0, 0.05) is 50.3 Å². The number of nitrogens with zero attached hydrogens (tertiary/aromatic N) is 5. The van der Waals surface area contributed by atoms with Crippen LogP contribution in [-0.2, 0) is 6.54 Å². The van der Waals surface area contributed by atoms with E-state index in [9.17, 15) is 5.11 Å². The average molecular weight is 363 g/mol. The van der Waals surface area contributed by atoms with Gasteiger partial charge in [-0.3, -0.25) is 4.98 Å². The molecule has 0 spiro atoms. The molecule has 0 unspecified atom stereocenters. The molecular weight excluding hydrogens is 338 g/mol. The van der Waals surface area contributed by atoms with Crippen molar-refractivity contribution in [1.29, 1.82) is 0 Å². The monoisotopic (exact) mass is 363 g/mol. The molecule has 1 saturated heterocycles. The molecule has 0 bridgehead atoms. The molecule has 140 valence electrons. The first-order valence-electron chi connectivity index (χ1n) is 9.50. The summed E-state index contributed by atoms with van der Waals surface area (Å²) in [5.41, 5.74) is 1.96. The number of aliphatic hydroxyl groups excluding tert-OH is 1. The van der Waals surface area contributed by atoms with E-state index in [0.29, 0.717) is 5.92 Å². The molecule has 0 saturated carbocycles. The van der Waals surface area contributed by atoms with E-state index in [0.717, 1.165) is 49.8 Å². The summed E-state index contributed by atoms with van der Waals surface area (Å²) in [7, 11) is 0. The summed E-state index contributed by atoms with van der Waals surface area (Å²) in [6, 6.07) is 9.96. The fourth-order valence-electron chi connectivity index (χ4n) is 3.71. The number of rotatable bonds is 5. The molecule has 1 fully saturated rings. The van der Waals surface area contributed by atoms with Crippen molar-refractivity contribution < 1.29 is 5.11 Å². The average Bonchev–Trinajstić information content (AvgIpc) is 3.17.